The molecular weight excluding hydrogens is 222 g/mol. The highest BCUT2D eigenvalue weighted by atomic mass is 16.4. The van der Waals surface area contributed by atoms with Gasteiger partial charge in [-0.3, -0.25) is 9.69 Å². The quantitative estimate of drug-likeness (QED) is 0.646. The van der Waals surface area contributed by atoms with Crippen molar-refractivity contribution in [1.29, 1.82) is 0 Å². The molecule has 0 saturated carbocycles. The Morgan fingerprint density at radius 1 is 1.29 bits per heavy atom. The summed E-state index contributed by atoms with van der Waals surface area (Å²) in [6.45, 7) is 6.20. The van der Waals surface area contributed by atoms with Crippen LogP contribution in [0.3, 0.4) is 0 Å². The van der Waals surface area contributed by atoms with Gasteiger partial charge in [0, 0.05) is 12.6 Å². The van der Waals surface area contributed by atoms with E-state index in [1.807, 2.05) is 0 Å². The summed E-state index contributed by atoms with van der Waals surface area (Å²) in [5, 5.41) is 13.7. The van der Waals surface area contributed by atoms with Crippen molar-refractivity contribution in [2.45, 2.75) is 38.8 Å². The van der Waals surface area contributed by atoms with Gasteiger partial charge < -0.3 is 15.7 Å². The van der Waals surface area contributed by atoms with E-state index in [2.05, 4.69) is 22.5 Å². The van der Waals surface area contributed by atoms with Crippen molar-refractivity contribution < 1.29 is 14.7 Å². The number of amides is 2. The number of hydrogen-bond donors (Lipinski definition) is 3. The average molecular weight is 243 g/mol. The van der Waals surface area contributed by atoms with Gasteiger partial charge in [-0.25, -0.2) is 4.79 Å². The Morgan fingerprint density at radius 2 is 1.88 bits per heavy atom. The minimum absolute atomic E-state index is 0.295. The number of likely N-dealkylation sites (tertiary alicyclic amines) is 1. The second-order valence-electron chi connectivity index (χ2n) is 4.51. The number of hydrogen-bond acceptors (Lipinski definition) is 3. The number of carbonyl (C=O) groups is 2. The molecule has 6 heteroatoms. The Labute approximate surface area is 101 Å². The van der Waals surface area contributed by atoms with Gasteiger partial charge in [0.25, 0.3) is 0 Å². The van der Waals surface area contributed by atoms with E-state index < -0.39 is 18.0 Å². The predicted molar refractivity (Wildman–Crippen MR) is 63.9 cm³/mol. The molecule has 2 atom stereocenters. The minimum Gasteiger partial charge on any atom is -0.480 e. The Hall–Kier alpha value is -1.30. The van der Waals surface area contributed by atoms with Crippen molar-refractivity contribution >= 4 is 12.0 Å². The molecule has 6 nitrogen and oxygen atoms in total. The third-order valence-corrected chi connectivity index (χ3v) is 3.04. The van der Waals surface area contributed by atoms with Crippen LogP contribution >= 0.6 is 0 Å². The Morgan fingerprint density at radius 3 is 2.41 bits per heavy atom. The largest absolute Gasteiger partial charge is 0.480 e. The number of nitrogens with zero attached hydrogens (tertiary/aromatic N) is 1. The zero-order chi connectivity index (χ0) is 12.8. The van der Waals surface area contributed by atoms with Crippen LogP contribution < -0.4 is 10.6 Å². The van der Waals surface area contributed by atoms with Crippen LogP contribution in [0.5, 0.6) is 0 Å². The predicted octanol–water partition coefficient (Wildman–Crippen LogP) is 0.243. The van der Waals surface area contributed by atoms with E-state index in [9.17, 15) is 9.59 Å². The minimum atomic E-state index is -1.03. The zero-order valence-electron chi connectivity index (χ0n) is 10.4. The SMILES string of the molecule is CC(CNC(=O)N[C@H](C)C(=O)O)N1CCCC1. The van der Waals surface area contributed by atoms with Crippen molar-refractivity contribution in [3.8, 4) is 0 Å². The van der Waals surface area contributed by atoms with E-state index in [0.717, 1.165) is 13.1 Å². The van der Waals surface area contributed by atoms with E-state index in [-0.39, 0.29) is 0 Å². The van der Waals surface area contributed by atoms with Crippen LogP contribution in [-0.4, -0.2) is 53.7 Å². The first-order valence-electron chi connectivity index (χ1n) is 6.02. The van der Waals surface area contributed by atoms with E-state index in [1.165, 1.54) is 19.8 Å². The van der Waals surface area contributed by atoms with Crippen LogP contribution in [0.15, 0.2) is 0 Å². The van der Waals surface area contributed by atoms with Crippen LogP contribution in [0.4, 0.5) is 4.79 Å². The molecule has 0 spiro atoms. The molecule has 1 saturated heterocycles. The first kappa shape index (κ1) is 13.8. The zero-order valence-corrected chi connectivity index (χ0v) is 10.4. The summed E-state index contributed by atoms with van der Waals surface area (Å²) in [6.07, 6.45) is 2.43. The molecule has 1 aliphatic heterocycles. The monoisotopic (exact) mass is 243 g/mol. The number of carboxylic acid groups (broad SMARTS) is 1. The topological polar surface area (TPSA) is 81.7 Å². The molecule has 0 bridgehead atoms. The lowest BCUT2D eigenvalue weighted by molar-refractivity contribution is -0.138. The van der Waals surface area contributed by atoms with Gasteiger partial charge in [-0.05, 0) is 39.8 Å². The molecule has 1 heterocycles. The van der Waals surface area contributed by atoms with Crippen molar-refractivity contribution in [2.24, 2.45) is 0 Å². The molecule has 2 amide bonds. The molecule has 1 fully saturated rings. The molecule has 0 aromatic heterocycles. The number of rotatable bonds is 5. The first-order chi connectivity index (χ1) is 8.00. The highest BCUT2D eigenvalue weighted by molar-refractivity contribution is 5.82. The lowest BCUT2D eigenvalue weighted by Gasteiger charge is -2.24. The number of carbonyl (C=O) groups excluding carboxylic acids is 1. The molecule has 0 radical (unpaired) electrons. The van der Waals surface area contributed by atoms with Gasteiger partial charge in [-0.15, -0.1) is 0 Å². The molecular formula is C11H21N3O3. The van der Waals surface area contributed by atoms with Gasteiger partial charge in [0.1, 0.15) is 6.04 Å². The molecule has 0 aromatic rings. The Balaban J connectivity index is 2.20. The van der Waals surface area contributed by atoms with Gasteiger partial charge in [0.05, 0.1) is 0 Å². The second-order valence-corrected chi connectivity index (χ2v) is 4.51. The highest BCUT2D eigenvalue weighted by Gasteiger charge is 2.19. The van der Waals surface area contributed by atoms with E-state index in [4.69, 9.17) is 5.11 Å². The third-order valence-electron chi connectivity index (χ3n) is 3.04. The number of nitrogens with one attached hydrogen (secondary N) is 2. The maximum Gasteiger partial charge on any atom is 0.325 e. The van der Waals surface area contributed by atoms with Gasteiger partial charge in [0.2, 0.25) is 0 Å². The number of carboxylic acids is 1. The maximum atomic E-state index is 11.4. The smallest absolute Gasteiger partial charge is 0.325 e. The number of urea groups is 1. The second kappa shape index (κ2) is 6.44. The fourth-order valence-corrected chi connectivity index (χ4v) is 1.86. The molecule has 0 aromatic carbocycles. The summed E-state index contributed by atoms with van der Waals surface area (Å²) >= 11 is 0. The third kappa shape index (κ3) is 4.60. The molecule has 1 aliphatic rings. The summed E-state index contributed by atoms with van der Waals surface area (Å²) in [5.74, 6) is -1.03. The van der Waals surface area contributed by atoms with Gasteiger partial charge in [0.15, 0.2) is 0 Å². The fraction of sp³-hybridized carbons (Fsp3) is 0.818. The number of aliphatic carboxylic acids is 1. The lowest BCUT2D eigenvalue weighted by atomic mass is 10.3. The lowest BCUT2D eigenvalue weighted by Crippen LogP contribution is -2.48. The molecule has 1 rings (SSSR count). The molecule has 98 valence electrons. The van der Waals surface area contributed by atoms with E-state index in [0.29, 0.717) is 12.6 Å². The van der Waals surface area contributed by atoms with Crippen molar-refractivity contribution in [2.75, 3.05) is 19.6 Å². The van der Waals surface area contributed by atoms with Crippen molar-refractivity contribution in [3.05, 3.63) is 0 Å². The van der Waals surface area contributed by atoms with Crippen molar-refractivity contribution in [3.63, 3.8) is 0 Å². The Bertz CT molecular complexity index is 277. The standard InChI is InChI=1S/C11H21N3O3/c1-8(14-5-3-4-6-14)7-12-11(17)13-9(2)10(15)16/h8-9H,3-7H2,1-2H3,(H,15,16)(H2,12,13,17)/t8?,9-/m1/s1. The van der Waals surface area contributed by atoms with Crippen LogP contribution in [0.2, 0.25) is 0 Å². The molecule has 1 unspecified atom stereocenters. The summed E-state index contributed by atoms with van der Waals surface area (Å²) in [4.78, 5) is 24.2. The summed E-state index contributed by atoms with van der Waals surface area (Å²) in [5.41, 5.74) is 0. The normalized spacial score (nSPS) is 19.6. The van der Waals surface area contributed by atoms with Crippen LogP contribution in [0, 0.1) is 0 Å². The molecule has 0 aliphatic carbocycles. The van der Waals surface area contributed by atoms with Gasteiger partial charge in [-0.1, -0.05) is 0 Å². The van der Waals surface area contributed by atoms with Gasteiger partial charge >= 0.3 is 12.0 Å². The van der Waals surface area contributed by atoms with Crippen LogP contribution in [0.25, 0.3) is 0 Å². The molecule has 17 heavy (non-hydrogen) atoms. The van der Waals surface area contributed by atoms with Gasteiger partial charge in [-0.2, -0.15) is 0 Å². The maximum absolute atomic E-state index is 11.4. The van der Waals surface area contributed by atoms with E-state index >= 15 is 0 Å². The Kier molecular flexibility index (Phi) is 5.21. The van der Waals surface area contributed by atoms with Crippen molar-refractivity contribution in [1.82, 2.24) is 15.5 Å². The van der Waals surface area contributed by atoms with Crippen LogP contribution in [-0.2, 0) is 4.79 Å². The van der Waals surface area contributed by atoms with Crippen LogP contribution in [0.1, 0.15) is 26.7 Å². The fourth-order valence-electron chi connectivity index (χ4n) is 1.86. The van der Waals surface area contributed by atoms with E-state index in [1.54, 1.807) is 0 Å². The average Bonchev–Trinajstić information content (AvgIpc) is 2.79. The highest BCUT2D eigenvalue weighted by Crippen LogP contribution is 2.10. The first-order valence-corrected chi connectivity index (χ1v) is 6.02. The summed E-state index contributed by atoms with van der Waals surface area (Å²) in [7, 11) is 0. The summed E-state index contributed by atoms with van der Waals surface area (Å²) < 4.78 is 0. The summed E-state index contributed by atoms with van der Waals surface area (Å²) in [6, 6.07) is -0.994. The molecule has 3 N–H and O–H groups in total.